The van der Waals surface area contributed by atoms with Crippen LogP contribution >= 0.6 is 15.9 Å². The van der Waals surface area contributed by atoms with Crippen molar-refractivity contribution in [2.75, 3.05) is 6.61 Å². The van der Waals surface area contributed by atoms with Gasteiger partial charge in [-0.1, -0.05) is 0 Å². The van der Waals surface area contributed by atoms with Crippen LogP contribution in [-0.2, 0) is 6.54 Å². The second-order valence-corrected chi connectivity index (χ2v) is 3.90. The number of hydrogen-bond donors (Lipinski definition) is 2. The van der Waals surface area contributed by atoms with E-state index in [9.17, 15) is 0 Å². The molecule has 3 N–H and O–H groups in total. The Hall–Kier alpha value is -0.390. The van der Waals surface area contributed by atoms with Crippen LogP contribution in [0.25, 0.3) is 0 Å². The maximum atomic E-state index is 8.79. The molecule has 0 aliphatic rings. The molecule has 0 radical (unpaired) electrons. The quantitative estimate of drug-likeness (QED) is 0.822. The van der Waals surface area contributed by atoms with E-state index in [1.165, 1.54) is 0 Å². The van der Waals surface area contributed by atoms with Gasteiger partial charge < -0.3 is 10.8 Å². The zero-order valence-corrected chi connectivity index (χ0v) is 9.37. The van der Waals surface area contributed by atoms with E-state index in [0.717, 1.165) is 15.9 Å². The Balaban J connectivity index is 2.83. The van der Waals surface area contributed by atoms with Crippen molar-refractivity contribution in [2.24, 2.45) is 5.73 Å². The standard InChI is InChI=1S/C8H14BrN3O/c1-5-8(9)6(2)12(11-5)3-7(10)4-13/h7,13H,3-4,10H2,1-2H3. The van der Waals surface area contributed by atoms with Crippen LogP contribution in [0.15, 0.2) is 4.47 Å². The van der Waals surface area contributed by atoms with Crippen molar-refractivity contribution in [3.05, 3.63) is 15.9 Å². The number of nitrogens with zero attached hydrogens (tertiary/aromatic N) is 2. The van der Waals surface area contributed by atoms with E-state index in [4.69, 9.17) is 10.8 Å². The van der Waals surface area contributed by atoms with Gasteiger partial charge in [-0.05, 0) is 29.8 Å². The monoisotopic (exact) mass is 247 g/mol. The first-order valence-corrected chi connectivity index (χ1v) is 4.91. The van der Waals surface area contributed by atoms with Crippen LogP contribution in [-0.4, -0.2) is 27.5 Å². The van der Waals surface area contributed by atoms with E-state index in [-0.39, 0.29) is 12.6 Å². The van der Waals surface area contributed by atoms with Gasteiger partial charge in [0.05, 0.1) is 23.3 Å². The molecule has 0 spiro atoms. The van der Waals surface area contributed by atoms with Gasteiger partial charge in [0.25, 0.3) is 0 Å². The molecule has 0 fully saturated rings. The van der Waals surface area contributed by atoms with Gasteiger partial charge in [-0.15, -0.1) is 0 Å². The SMILES string of the molecule is Cc1nn(CC(N)CO)c(C)c1Br. The highest BCUT2D eigenvalue weighted by molar-refractivity contribution is 9.10. The first kappa shape index (κ1) is 10.7. The number of halogens is 1. The highest BCUT2D eigenvalue weighted by atomic mass is 79.9. The summed E-state index contributed by atoms with van der Waals surface area (Å²) in [4.78, 5) is 0. The van der Waals surface area contributed by atoms with E-state index in [1.807, 2.05) is 13.8 Å². The molecule has 0 bridgehead atoms. The molecule has 0 aliphatic heterocycles. The Kier molecular flexibility index (Phi) is 3.47. The predicted molar refractivity (Wildman–Crippen MR) is 54.5 cm³/mol. The largest absolute Gasteiger partial charge is 0.395 e. The molecule has 0 amide bonds. The summed E-state index contributed by atoms with van der Waals surface area (Å²) in [6, 6.07) is -0.245. The Morgan fingerprint density at radius 2 is 2.23 bits per heavy atom. The minimum Gasteiger partial charge on any atom is -0.395 e. The van der Waals surface area contributed by atoms with Crippen molar-refractivity contribution < 1.29 is 5.11 Å². The summed E-state index contributed by atoms with van der Waals surface area (Å²) in [7, 11) is 0. The third-order valence-electron chi connectivity index (χ3n) is 1.94. The van der Waals surface area contributed by atoms with Crippen LogP contribution in [0, 0.1) is 13.8 Å². The van der Waals surface area contributed by atoms with E-state index in [1.54, 1.807) is 4.68 Å². The summed E-state index contributed by atoms with van der Waals surface area (Å²) in [5, 5.41) is 13.1. The van der Waals surface area contributed by atoms with E-state index >= 15 is 0 Å². The molecule has 1 rings (SSSR count). The van der Waals surface area contributed by atoms with Gasteiger partial charge in [0, 0.05) is 11.7 Å². The van der Waals surface area contributed by atoms with Gasteiger partial charge in [-0.25, -0.2) is 0 Å². The van der Waals surface area contributed by atoms with E-state index in [0.29, 0.717) is 6.54 Å². The molecule has 1 atom stereocenters. The number of aliphatic hydroxyl groups excluding tert-OH is 1. The second kappa shape index (κ2) is 4.21. The fourth-order valence-electron chi connectivity index (χ4n) is 1.13. The van der Waals surface area contributed by atoms with Crippen LogP contribution < -0.4 is 5.73 Å². The number of aryl methyl sites for hydroxylation is 1. The Morgan fingerprint density at radius 1 is 1.62 bits per heavy atom. The van der Waals surface area contributed by atoms with Crippen molar-refractivity contribution in [1.82, 2.24) is 9.78 Å². The fraction of sp³-hybridized carbons (Fsp3) is 0.625. The molecule has 5 heteroatoms. The van der Waals surface area contributed by atoms with Gasteiger partial charge in [0.15, 0.2) is 0 Å². The van der Waals surface area contributed by atoms with Crippen LogP contribution in [0.1, 0.15) is 11.4 Å². The van der Waals surface area contributed by atoms with Crippen molar-refractivity contribution in [2.45, 2.75) is 26.4 Å². The molecular weight excluding hydrogens is 234 g/mol. The van der Waals surface area contributed by atoms with Crippen molar-refractivity contribution in [3.63, 3.8) is 0 Å². The minimum atomic E-state index is -0.245. The highest BCUT2D eigenvalue weighted by Gasteiger charge is 2.10. The van der Waals surface area contributed by atoms with E-state index in [2.05, 4.69) is 21.0 Å². The maximum Gasteiger partial charge on any atom is 0.0738 e. The molecule has 0 aliphatic carbocycles. The lowest BCUT2D eigenvalue weighted by atomic mass is 10.3. The number of aromatic nitrogens is 2. The predicted octanol–water partition coefficient (Wildman–Crippen LogP) is 0.582. The zero-order chi connectivity index (χ0) is 10.0. The molecule has 74 valence electrons. The fourth-order valence-corrected chi connectivity index (χ4v) is 1.42. The van der Waals surface area contributed by atoms with E-state index < -0.39 is 0 Å². The lowest BCUT2D eigenvalue weighted by Crippen LogP contribution is -2.30. The van der Waals surface area contributed by atoms with Crippen LogP contribution in [0.2, 0.25) is 0 Å². The summed E-state index contributed by atoms with van der Waals surface area (Å²) in [6.07, 6.45) is 0. The van der Waals surface area contributed by atoms with Crippen molar-refractivity contribution >= 4 is 15.9 Å². The smallest absolute Gasteiger partial charge is 0.0738 e. The summed E-state index contributed by atoms with van der Waals surface area (Å²) >= 11 is 3.43. The van der Waals surface area contributed by atoms with Gasteiger partial charge in [0.1, 0.15) is 0 Å². The summed E-state index contributed by atoms with van der Waals surface area (Å²) < 4.78 is 2.82. The summed E-state index contributed by atoms with van der Waals surface area (Å²) in [6.45, 7) is 4.43. The van der Waals surface area contributed by atoms with Crippen molar-refractivity contribution in [1.29, 1.82) is 0 Å². The number of rotatable bonds is 3. The molecule has 4 nitrogen and oxygen atoms in total. The second-order valence-electron chi connectivity index (χ2n) is 3.11. The highest BCUT2D eigenvalue weighted by Crippen LogP contribution is 2.19. The topological polar surface area (TPSA) is 64.1 Å². The van der Waals surface area contributed by atoms with Gasteiger partial charge in [0.2, 0.25) is 0 Å². The van der Waals surface area contributed by atoms with Crippen LogP contribution in [0.3, 0.4) is 0 Å². The molecule has 0 saturated heterocycles. The van der Waals surface area contributed by atoms with Gasteiger partial charge >= 0.3 is 0 Å². The molecule has 0 saturated carbocycles. The lowest BCUT2D eigenvalue weighted by molar-refractivity contribution is 0.250. The van der Waals surface area contributed by atoms with Crippen LogP contribution in [0.4, 0.5) is 0 Å². The number of nitrogens with two attached hydrogens (primary N) is 1. The van der Waals surface area contributed by atoms with Gasteiger partial charge in [-0.2, -0.15) is 5.10 Å². The van der Waals surface area contributed by atoms with Gasteiger partial charge in [-0.3, -0.25) is 4.68 Å². The molecule has 0 aromatic carbocycles. The Morgan fingerprint density at radius 3 is 2.62 bits per heavy atom. The average Bonchev–Trinajstić information content (AvgIpc) is 2.34. The van der Waals surface area contributed by atoms with Crippen molar-refractivity contribution in [3.8, 4) is 0 Å². The average molecular weight is 248 g/mol. The number of hydrogen-bond acceptors (Lipinski definition) is 3. The minimum absolute atomic E-state index is 0.0179. The lowest BCUT2D eigenvalue weighted by Gasteiger charge is -2.09. The molecule has 1 unspecified atom stereocenters. The third kappa shape index (κ3) is 2.30. The molecule has 1 heterocycles. The first-order chi connectivity index (χ1) is 6.06. The third-order valence-corrected chi connectivity index (χ3v) is 3.08. The normalized spacial score (nSPS) is 13.3. The number of aliphatic hydroxyl groups is 1. The van der Waals surface area contributed by atoms with Crippen LogP contribution in [0.5, 0.6) is 0 Å². The molecule has 13 heavy (non-hydrogen) atoms. The Labute approximate surface area is 85.9 Å². The zero-order valence-electron chi connectivity index (χ0n) is 7.79. The first-order valence-electron chi connectivity index (χ1n) is 4.12. The Bertz CT molecular complexity index is 298. The molecule has 1 aromatic rings. The summed E-state index contributed by atoms with van der Waals surface area (Å²) in [5.41, 5.74) is 7.60. The maximum absolute atomic E-state index is 8.79. The molecule has 1 aromatic heterocycles. The summed E-state index contributed by atoms with van der Waals surface area (Å²) in [5.74, 6) is 0. The molecular formula is C8H14BrN3O.